The molecule has 0 atom stereocenters. The van der Waals surface area contributed by atoms with Crippen LogP contribution in [0.5, 0.6) is 0 Å². The van der Waals surface area contributed by atoms with E-state index in [1.165, 1.54) is 18.3 Å². The highest BCUT2D eigenvalue weighted by atomic mass is 35.5. The van der Waals surface area contributed by atoms with E-state index in [2.05, 4.69) is 9.82 Å². The van der Waals surface area contributed by atoms with Gasteiger partial charge in [-0.15, -0.1) is 0 Å². The molecule has 0 radical (unpaired) electrons. The minimum Gasteiger partial charge on any atom is -0.399 e. The zero-order valence-electron chi connectivity index (χ0n) is 10.5. The summed E-state index contributed by atoms with van der Waals surface area (Å²) in [6, 6.07) is 2.66. The molecule has 3 N–H and O–H groups in total. The Morgan fingerprint density at radius 1 is 1.35 bits per heavy atom. The minimum atomic E-state index is -3.91. The van der Waals surface area contributed by atoms with Crippen LogP contribution in [0, 0.1) is 0 Å². The number of nitrogens with zero attached hydrogens (tertiary/aromatic N) is 2. The number of aryl methyl sites for hydroxylation is 1. The maximum atomic E-state index is 12.3. The summed E-state index contributed by atoms with van der Waals surface area (Å²) in [6.07, 6.45) is 2.97. The topological polar surface area (TPSA) is 90.0 Å². The lowest BCUT2D eigenvalue weighted by molar-refractivity contribution is 0.601. The fourth-order valence-corrected chi connectivity index (χ4v) is 3.89. The Kier molecular flexibility index (Phi) is 4.12. The summed E-state index contributed by atoms with van der Waals surface area (Å²) in [6.45, 7) is 2.52. The van der Waals surface area contributed by atoms with Gasteiger partial charge in [-0.2, -0.15) is 5.10 Å². The quantitative estimate of drug-likeness (QED) is 0.841. The van der Waals surface area contributed by atoms with Gasteiger partial charge in [-0.25, -0.2) is 8.42 Å². The fourth-order valence-electron chi connectivity index (χ4n) is 1.63. The van der Waals surface area contributed by atoms with Crippen LogP contribution in [-0.4, -0.2) is 18.2 Å². The van der Waals surface area contributed by atoms with E-state index in [-0.39, 0.29) is 20.6 Å². The molecule has 2 aromatic rings. The van der Waals surface area contributed by atoms with Crippen LogP contribution in [0.3, 0.4) is 0 Å². The second-order valence-electron chi connectivity index (χ2n) is 4.00. The maximum Gasteiger partial charge on any atom is 0.264 e. The Bertz CT molecular complexity index is 720. The molecule has 0 aliphatic heterocycles. The largest absolute Gasteiger partial charge is 0.399 e. The van der Waals surface area contributed by atoms with Gasteiger partial charge in [-0.3, -0.25) is 9.40 Å². The van der Waals surface area contributed by atoms with Gasteiger partial charge in [0.25, 0.3) is 10.0 Å². The Labute approximate surface area is 126 Å². The number of nitrogens with two attached hydrogens (primary N) is 1. The third kappa shape index (κ3) is 3.00. The summed E-state index contributed by atoms with van der Waals surface area (Å²) < 4.78 is 28.5. The highest BCUT2D eigenvalue weighted by Gasteiger charge is 2.23. The second kappa shape index (κ2) is 5.51. The first-order valence-corrected chi connectivity index (χ1v) is 7.87. The molecule has 9 heteroatoms. The maximum absolute atomic E-state index is 12.3. The predicted molar refractivity (Wildman–Crippen MR) is 79.6 cm³/mol. The summed E-state index contributed by atoms with van der Waals surface area (Å²) in [5.74, 6) is 0. The summed E-state index contributed by atoms with van der Waals surface area (Å²) in [7, 11) is -3.91. The van der Waals surface area contributed by atoms with Crippen molar-refractivity contribution < 1.29 is 8.42 Å². The molecule has 0 amide bonds. The third-order valence-electron chi connectivity index (χ3n) is 2.50. The molecule has 0 unspecified atom stereocenters. The van der Waals surface area contributed by atoms with Crippen LogP contribution in [0.25, 0.3) is 0 Å². The first kappa shape index (κ1) is 15.0. The van der Waals surface area contributed by atoms with Crippen LogP contribution in [0.4, 0.5) is 11.4 Å². The molecule has 2 rings (SSSR count). The van der Waals surface area contributed by atoms with Crippen molar-refractivity contribution >= 4 is 44.6 Å². The number of sulfonamides is 1. The molecule has 6 nitrogen and oxygen atoms in total. The summed E-state index contributed by atoms with van der Waals surface area (Å²) >= 11 is 11.8. The van der Waals surface area contributed by atoms with Gasteiger partial charge in [0.05, 0.1) is 21.9 Å². The summed E-state index contributed by atoms with van der Waals surface area (Å²) in [4.78, 5) is -0.209. The minimum absolute atomic E-state index is 0.0367. The van der Waals surface area contributed by atoms with Gasteiger partial charge in [-0.1, -0.05) is 23.2 Å². The van der Waals surface area contributed by atoms with Gasteiger partial charge in [0.1, 0.15) is 4.90 Å². The van der Waals surface area contributed by atoms with E-state index in [1.54, 1.807) is 10.9 Å². The Hall–Kier alpha value is -1.44. The molecular weight excluding hydrogens is 323 g/mol. The lowest BCUT2D eigenvalue weighted by atomic mass is 10.3. The smallest absolute Gasteiger partial charge is 0.264 e. The van der Waals surface area contributed by atoms with Gasteiger partial charge in [0.15, 0.2) is 0 Å². The van der Waals surface area contributed by atoms with Crippen LogP contribution in [0.1, 0.15) is 6.92 Å². The lowest BCUT2D eigenvalue weighted by Crippen LogP contribution is -2.14. The standard InChI is InChI=1S/C11H12Cl2N4O2S/c1-2-17-6-8(5-15-17)16-20(18,19)11-9(12)3-7(14)4-10(11)13/h3-6,16H,2,14H2,1H3. The number of benzene rings is 1. The first-order chi connectivity index (χ1) is 9.33. The van der Waals surface area contributed by atoms with E-state index >= 15 is 0 Å². The fraction of sp³-hybridized carbons (Fsp3) is 0.182. The zero-order chi connectivity index (χ0) is 14.9. The number of nitrogens with one attached hydrogen (secondary N) is 1. The van der Waals surface area contributed by atoms with E-state index < -0.39 is 10.0 Å². The van der Waals surface area contributed by atoms with Crippen molar-refractivity contribution in [2.45, 2.75) is 18.4 Å². The zero-order valence-corrected chi connectivity index (χ0v) is 12.8. The first-order valence-electron chi connectivity index (χ1n) is 5.63. The van der Waals surface area contributed by atoms with Crippen molar-refractivity contribution in [2.24, 2.45) is 0 Å². The van der Waals surface area contributed by atoms with Crippen molar-refractivity contribution in [2.75, 3.05) is 10.5 Å². The summed E-state index contributed by atoms with van der Waals surface area (Å²) in [5, 5.41) is 3.90. The lowest BCUT2D eigenvalue weighted by Gasteiger charge is -2.10. The van der Waals surface area contributed by atoms with Gasteiger partial charge >= 0.3 is 0 Å². The molecule has 0 aliphatic carbocycles. The number of halogens is 2. The molecule has 0 aliphatic rings. The molecular formula is C11H12Cl2N4O2S. The number of hydrogen-bond acceptors (Lipinski definition) is 4. The molecule has 1 heterocycles. The average Bonchev–Trinajstić information content (AvgIpc) is 2.73. The monoisotopic (exact) mass is 334 g/mol. The average molecular weight is 335 g/mol. The molecule has 0 saturated heterocycles. The highest BCUT2D eigenvalue weighted by Crippen LogP contribution is 2.32. The Balaban J connectivity index is 2.40. The van der Waals surface area contributed by atoms with Crippen molar-refractivity contribution in [3.8, 4) is 0 Å². The number of rotatable bonds is 4. The number of nitrogen functional groups attached to an aromatic ring is 1. The van der Waals surface area contributed by atoms with Crippen molar-refractivity contribution in [1.82, 2.24) is 9.78 Å². The normalized spacial score (nSPS) is 11.6. The van der Waals surface area contributed by atoms with Gasteiger partial charge in [0.2, 0.25) is 0 Å². The molecule has 108 valence electrons. The van der Waals surface area contributed by atoms with E-state index in [0.717, 1.165) is 0 Å². The second-order valence-corrected chi connectivity index (χ2v) is 6.44. The third-order valence-corrected chi connectivity index (χ3v) is 4.80. The number of hydrogen-bond donors (Lipinski definition) is 2. The van der Waals surface area contributed by atoms with Crippen molar-refractivity contribution in [3.63, 3.8) is 0 Å². The van der Waals surface area contributed by atoms with Crippen LogP contribution in [0.2, 0.25) is 10.0 Å². The van der Waals surface area contributed by atoms with E-state index in [9.17, 15) is 8.42 Å². The van der Waals surface area contributed by atoms with Crippen LogP contribution < -0.4 is 10.5 Å². The molecule has 20 heavy (non-hydrogen) atoms. The van der Waals surface area contributed by atoms with E-state index in [4.69, 9.17) is 28.9 Å². The molecule has 1 aromatic carbocycles. The van der Waals surface area contributed by atoms with E-state index in [1.807, 2.05) is 6.92 Å². The molecule has 0 saturated carbocycles. The number of anilines is 2. The van der Waals surface area contributed by atoms with Gasteiger partial charge in [0, 0.05) is 18.4 Å². The predicted octanol–water partition coefficient (Wildman–Crippen LogP) is 2.59. The summed E-state index contributed by atoms with van der Waals surface area (Å²) in [5.41, 5.74) is 6.17. The molecule has 0 bridgehead atoms. The highest BCUT2D eigenvalue weighted by molar-refractivity contribution is 7.93. The van der Waals surface area contributed by atoms with Crippen LogP contribution in [-0.2, 0) is 16.6 Å². The molecule has 0 spiro atoms. The SMILES string of the molecule is CCn1cc(NS(=O)(=O)c2c(Cl)cc(N)cc2Cl)cn1. The molecule has 0 fully saturated rings. The van der Waals surface area contributed by atoms with Gasteiger partial charge in [-0.05, 0) is 19.1 Å². The van der Waals surface area contributed by atoms with Crippen LogP contribution in [0.15, 0.2) is 29.4 Å². The van der Waals surface area contributed by atoms with Crippen molar-refractivity contribution in [1.29, 1.82) is 0 Å². The molecule has 1 aromatic heterocycles. The van der Waals surface area contributed by atoms with Gasteiger partial charge < -0.3 is 5.73 Å². The van der Waals surface area contributed by atoms with Crippen molar-refractivity contribution in [3.05, 3.63) is 34.6 Å². The Morgan fingerprint density at radius 2 is 1.95 bits per heavy atom. The van der Waals surface area contributed by atoms with E-state index in [0.29, 0.717) is 12.2 Å². The Morgan fingerprint density at radius 3 is 2.45 bits per heavy atom. The number of aromatic nitrogens is 2. The van der Waals surface area contributed by atoms with Crippen LogP contribution >= 0.6 is 23.2 Å².